The second kappa shape index (κ2) is 8.15. The fourth-order valence-corrected chi connectivity index (χ4v) is 4.35. The van der Waals surface area contributed by atoms with Gasteiger partial charge in [0.15, 0.2) is 16.6 Å². The molecule has 6 nitrogen and oxygen atoms in total. The first kappa shape index (κ1) is 20.3. The van der Waals surface area contributed by atoms with Crippen molar-refractivity contribution >= 4 is 57.5 Å². The molecule has 5 rings (SSSR count). The summed E-state index contributed by atoms with van der Waals surface area (Å²) in [6.07, 6.45) is 0. The second-order valence-electron chi connectivity index (χ2n) is 7.16. The van der Waals surface area contributed by atoms with Crippen LogP contribution in [0.5, 0.6) is 0 Å². The number of nitrogens with zero attached hydrogens (tertiary/aromatic N) is 5. The van der Waals surface area contributed by atoms with Crippen LogP contribution >= 0.6 is 34.8 Å². The second-order valence-corrected chi connectivity index (χ2v) is 8.30. The molecule has 1 aliphatic rings. The van der Waals surface area contributed by atoms with Crippen molar-refractivity contribution in [2.24, 2.45) is 0 Å². The lowest BCUT2D eigenvalue weighted by molar-refractivity contribution is 0.624. The number of aromatic nitrogens is 4. The van der Waals surface area contributed by atoms with E-state index in [1.54, 1.807) is 24.3 Å². The highest BCUT2D eigenvalue weighted by Crippen LogP contribution is 2.36. The van der Waals surface area contributed by atoms with Crippen LogP contribution in [0.2, 0.25) is 15.2 Å². The summed E-state index contributed by atoms with van der Waals surface area (Å²) in [5.41, 5.74) is 3.25. The van der Waals surface area contributed by atoms with Gasteiger partial charge in [-0.25, -0.2) is 14.4 Å². The number of benzene rings is 2. The number of piperazine rings is 1. The first-order valence-electron chi connectivity index (χ1n) is 9.63. The van der Waals surface area contributed by atoms with Crippen LogP contribution in [0, 0.1) is 5.82 Å². The maximum atomic E-state index is 13.2. The van der Waals surface area contributed by atoms with E-state index in [0.717, 1.165) is 18.8 Å². The van der Waals surface area contributed by atoms with Crippen molar-refractivity contribution in [1.29, 1.82) is 0 Å². The van der Waals surface area contributed by atoms with Crippen molar-refractivity contribution in [3.63, 3.8) is 0 Å². The van der Waals surface area contributed by atoms with Gasteiger partial charge in [0, 0.05) is 37.4 Å². The van der Waals surface area contributed by atoms with Gasteiger partial charge in [0.1, 0.15) is 17.0 Å². The Balaban J connectivity index is 1.41. The monoisotopic (exact) mass is 476 g/mol. The van der Waals surface area contributed by atoms with Gasteiger partial charge in [-0.05, 0) is 30.3 Å². The van der Waals surface area contributed by atoms with E-state index in [1.165, 1.54) is 12.1 Å². The number of halogens is 4. The smallest absolute Gasteiger partial charge is 0.177 e. The summed E-state index contributed by atoms with van der Waals surface area (Å²) in [4.78, 5) is 13.5. The van der Waals surface area contributed by atoms with Gasteiger partial charge in [-0.3, -0.25) is 5.10 Å². The molecule has 1 aliphatic heterocycles. The Morgan fingerprint density at radius 3 is 2.32 bits per heavy atom. The van der Waals surface area contributed by atoms with Gasteiger partial charge in [0.2, 0.25) is 0 Å². The zero-order valence-electron chi connectivity index (χ0n) is 16.1. The van der Waals surface area contributed by atoms with E-state index in [0.29, 0.717) is 56.5 Å². The summed E-state index contributed by atoms with van der Waals surface area (Å²) in [7, 11) is 0. The number of nitrogens with one attached hydrogen (secondary N) is 1. The number of anilines is 2. The molecule has 1 N–H and O–H groups in total. The van der Waals surface area contributed by atoms with Crippen molar-refractivity contribution < 1.29 is 4.39 Å². The van der Waals surface area contributed by atoms with E-state index in [1.807, 2.05) is 6.07 Å². The normalized spacial score (nSPS) is 14.5. The Kier molecular flexibility index (Phi) is 5.33. The van der Waals surface area contributed by atoms with E-state index in [4.69, 9.17) is 34.8 Å². The van der Waals surface area contributed by atoms with Crippen LogP contribution in [-0.2, 0) is 0 Å². The Bertz CT molecular complexity index is 1250. The summed E-state index contributed by atoms with van der Waals surface area (Å²) in [6, 6.07) is 11.9. The molecule has 2 aromatic heterocycles. The first-order chi connectivity index (χ1) is 15.0. The van der Waals surface area contributed by atoms with Crippen LogP contribution in [-0.4, -0.2) is 46.3 Å². The highest BCUT2D eigenvalue weighted by Gasteiger charge is 2.23. The van der Waals surface area contributed by atoms with Gasteiger partial charge < -0.3 is 9.80 Å². The summed E-state index contributed by atoms with van der Waals surface area (Å²) in [6.45, 7) is 2.93. The van der Waals surface area contributed by atoms with Crippen LogP contribution < -0.4 is 9.80 Å². The van der Waals surface area contributed by atoms with E-state index in [-0.39, 0.29) is 5.82 Å². The Labute approximate surface area is 192 Å². The minimum absolute atomic E-state index is 0.240. The predicted molar refractivity (Wildman–Crippen MR) is 123 cm³/mol. The Morgan fingerprint density at radius 2 is 1.58 bits per heavy atom. The lowest BCUT2D eigenvalue weighted by Gasteiger charge is -2.36. The molecule has 0 atom stereocenters. The van der Waals surface area contributed by atoms with Crippen molar-refractivity contribution in [1.82, 2.24) is 20.2 Å². The highest BCUT2D eigenvalue weighted by molar-refractivity contribution is 6.43. The molecule has 31 heavy (non-hydrogen) atoms. The molecule has 0 unspecified atom stereocenters. The Morgan fingerprint density at radius 1 is 0.871 bits per heavy atom. The summed E-state index contributed by atoms with van der Waals surface area (Å²) in [5.74, 6) is 0.357. The van der Waals surface area contributed by atoms with Crippen LogP contribution in [0.1, 0.15) is 0 Å². The minimum Gasteiger partial charge on any atom is -0.368 e. The fraction of sp³-hybridized carbons (Fsp3) is 0.190. The molecule has 0 bridgehead atoms. The number of H-pyrrole nitrogens is 1. The van der Waals surface area contributed by atoms with Crippen LogP contribution in [0.15, 0.2) is 42.5 Å². The van der Waals surface area contributed by atoms with Crippen molar-refractivity contribution in [2.45, 2.75) is 0 Å². The molecule has 0 saturated carbocycles. The number of hydrogen-bond acceptors (Lipinski definition) is 5. The van der Waals surface area contributed by atoms with Gasteiger partial charge in [-0.2, -0.15) is 5.10 Å². The Hall–Kier alpha value is -2.61. The fourth-order valence-electron chi connectivity index (χ4n) is 3.71. The van der Waals surface area contributed by atoms with Gasteiger partial charge in [0.05, 0.1) is 10.0 Å². The molecule has 158 valence electrons. The third-order valence-corrected chi connectivity index (χ3v) is 6.38. The van der Waals surface area contributed by atoms with Gasteiger partial charge in [-0.1, -0.05) is 46.9 Å². The van der Waals surface area contributed by atoms with Gasteiger partial charge in [-0.15, -0.1) is 0 Å². The molecule has 1 fully saturated rings. The van der Waals surface area contributed by atoms with E-state index < -0.39 is 0 Å². The average molecular weight is 478 g/mol. The predicted octanol–water partition coefficient (Wildman–Crippen LogP) is 5.45. The molecule has 0 radical (unpaired) electrons. The number of aromatic amines is 1. The molecule has 1 saturated heterocycles. The van der Waals surface area contributed by atoms with Gasteiger partial charge in [0.25, 0.3) is 0 Å². The maximum absolute atomic E-state index is 13.2. The first-order valence-corrected chi connectivity index (χ1v) is 10.8. The molecule has 2 aromatic carbocycles. The quantitative estimate of drug-likeness (QED) is 0.425. The highest BCUT2D eigenvalue weighted by atomic mass is 35.5. The minimum atomic E-state index is -0.240. The largest absolute Gasteiger partial charge is 0.368 e. The van der Waals surface area contributed by atoms with E-state index >= 15 is 0 Å². The molecule has 0 aliphatic carbocycles. The average Bonchev–Trinajstić information content (AvgIpc) is 3.18. The molecular formula is C21H16Cl3FN6. The third kappa shape index (κ3) is 3.78. The molecular weight excluding hydrogens is 462 g/mol. The van der Waals surface area contributed by atoms with Crippen molar-refractivity contribution in [3.05, 3.63) is 63.5 Å². The van der Waals surface area contributed by atoms with Crippen LogP contribution in [0.3, 0.4) is 0 Å². The summed E-state index contributed by atoms with van der Waals surface area (Å²) < 4.78 is 13.2. The number of fused-ring (bicyclic) bond motifs is 1. The lowest BCUT2D eigenvalue weighted by Crippen LogP contribution is -2.47. The molecule has 3 heterocycles. The van der Waals surface area contributed by atoms with Crippen molar-refractivity contribution in [3.8, 4) is 11.3 Å². The number of rotatable bonds is 3. The third-order valence-electron chi connectivity index (χ3n) is 5.31. The molecule has 10 heteroatoms. The zero-order valence-corrected chi connectivity index (χ0v) is 18.4. The molecule has 4 aromatic rings. The SMILES string of the molecule is Fc1ccc(N2CCN(c3nc4[nH]nc(-c5cccc(Cl)c5Cl)c4nc3Cl)CC2)cc1. The topological polar surface area (TPSA) is 60.9 Å². The van der Waals surface area contributed by atoms with Crippen LogP contribution in [0.25, 0.3) is 22.4 Å². The van der Waals surface area contributed by atoms with Crippen LogP contribution in [0.4, 0.5) is 15.9 Å². The summed E-state index contributed by atoms with van der Waals surface area (Å²) >= 11 is 19.0. The zero-order chi connectivity index (χ0) is 21.5. The molecule has 0 spiro atoms. The van der Waals surface area contributed by atoms with E-state index in [2.05, 4.69) is 30.0 Å². The lowest BCUT2D eigenvalue weighted by atomic mass is 10.1. The standard InChI is InChI=1S/C21H16Cl3FN6/c22-15-3-1-2-14(16(15)23)17-18-20(29-28-17)27-21(19(24)26-18)31-10-8-30(9-11-31)13-6-4-12(25)5-7-13/h1-7H,8-11H2,(H,27,28,29). The van der Waals surface area contributed by atoms with Gasteiger partial charge >= 0.3 is 0 Å². The van der Waals surface area contributed by atoms with Crippen molar-refractivity contribution in [2.75, 3.05) is 36.0 Å². The summed E-state index contributed by atoms with van der Waals surface area (Å²) in [5, 5.41) is 8.40. The molecule has 0 amide bonds. The number of hydrogen-bond donors (Lipinski definition) is 1. The maximum Gasteiger partial charge on any atom is 0.177 e. The van der Waals surface area contributed by atoms with E-state index in [9.17, 15) is 4.39 Å².